The zero-order chi connectivity index (χ0) is 11.3. The van der Waals surface area contributed by atoms with Gasteiger partial charge < -0.3 is 0 Å². The zero-order valence-corrected chi connectivity index (χ0v) is 10.3. The lowest BCUT2D eigenvalue weighted by Crippen LogP contribution is -2.21. The number of hydrogen-bond acceptors (Lipinski definition) is 0. The molecule has 0 saturated heterocycles. The van der Waals surface area contributed by atoms with Crippen molar-refractivity contribution in [2.45, 2.75) is 52.4 Å². The molecule has 0 fully saturated rings. The van der Waals surface area contributed by atoms with Crippen LogP contribution in [-0.2, 0) is 0 Å². The zero-order valence-electron chi connectivity index (χ0n) is 10.3. The Hall–Kier alpha value is -0.780. The van der Waals surface area contributed by atoms with Gasteiger partial charge in [0.15, 0.2) is 0 Å². The van der Waals surface area contributed by atoms with Gasteiger partial charge in [-0.15, -0.1) is 6.58 Å². The molecule has 0 aromatic heterocycles. The minimum atomic E-state index is 0.384. The SMILES string of the molecule is C=CC1=CCCC[C@@]1(C)CCCC(=C)C. The van der Waals surface area contributed by atoms with Gasteiger partial charge in [-0.05, 0) is 56.4 Å². The molecule has 0 nitrogen and oxygen atoms in total. The van der Waals surface area contributed by atoms with Gasteiger partial charge in [0.05, 0.1) is 0 Å². The number of allylic oxidation sites excluding steroid dienone is 4. The quantitative estimate of drug-likeness (QED) is 0.551. The van der Waals surface area contributed by atoms with E-state index in [0.29, 0.717) is 5.41 Å². The molecule has 0 heteroatoms. The molecule has 0 amide bonds. The smallest absolute Gasteiger partial charge is 0.00784 e. The summed E-state index contributed by atoms with van der Waals surface area (Å²) < 4.78 is 0. The van der Waals surface area contributed by atoms with Gasteiger partial charge in [-0.3, -0.25) is 0 Å². The van der Waals surface area contributed by atoms with Crippen LogP contribution in [0.2, 0.25) is 0 Å². The highest BCUT2D eigenvalue weighted by atomic mass is 14.3. The summed E-state index contributed by atoms with van der Waals surface area (Å²) >= 11 is 0. The van der Waals surface area contributed by atoms with Crippen LogP contribution in [0.3, 0.4) is 0 Å². The van der Waals surface area contributed by atoms with Gasteiger partial charge in [0.25, 0.3) is 0 Å². The van der Waals surface area contributed by atoms with Gasteiger partial charge in [-0.25, -0.2) is 0 Å². The van der Waals surface area contributed by atoms with E-state index in [9.17, 15) is 0 Å². The maximum Gasteiger partial charge on any atom is -0.00784 e. The van der Waals surface area contributed by atoms with Crippen molar-refractivity contribution in [3.05, 3.63) is 36.5 Å². The van der Waals surface area contributed by atoms with Crippen molar-refractivity contribution < 1.29 is 0 Å². The molecule has 0 N–H and O–H groups in total. The molecule has 0 radical (unpaired) electrons. The van der Waals surface area contributed by atoms with Gasteiger partial charge >= 0.3 is 0 Å². The van der Waals surface area contributed by atoms with E-state index in [1.165, 1.54) is 49.7 Å². The number of hydrogen-bond donors (Lipinski definition) is 0. The van der Waals surface area contributed by atoms with Crippen LogP contribution in [0.4, 0.5) is 0 Å². The third-order valence-corrected chi connectivity index (χ3v) is 3.55. The molecule has 0 aliphatic heterocycles. The van der Waals surface area contributed by atoms with Gasteiger partial charge in [0, 0.05) is 0 Å². The van der Waals surface area contributed by atoms with Crippen molar-refractivity contribution in [3.63, 3.8) is 0 Å². The van der Waals surface area contributed by atoms with E-state index in [2.05, 4.69) is 39.2 Å². The van der Waals surface area contributed by atoms with E-state index in [-0.39, 0.29) is 0 Å². The molecule has 0 unspecified atom stereocenters. The van der Waals surface area contributed by atoms with Gasteiger partial charge in [-0.2, -0.15) is 0 Å². The van der Waals surface area contributed by atoms with E-state index in [1.54, 1.807) is 0 Å². The largest absolute Gasteiger partial charge is 0.100 e. The molecule has 1 rings (SSSR count). The Labute approximate surface area is 94.8 Å². The second kappa shape index (κ2) is 5.34. The molecule has 1 aliphatic carbocycles. The highest BCUT2D eigenvalue weighted by molar-refractivity contribution is 5.26. The van der Waals surface area contributed by atoms with E-state index < -0.39 is 0 Å². The molecular weight excluding hydrogens is 180 g/mol. The summed E-state index contributed by atoms with van der Waals surface area (Å²) in [6.07, 6.45) is 12.0. The lowest BCUT2D eigenvalue weighted by atomic mass is 9.71. The molecule has 0 saturated carbocycles. The fourth-order valence-corrected chi connectivity index (χ4v) is 2.52. The fraction of sp³-hybridized carbons (Fsp3) is 0.600. The van der Waals surface area contributed by atoms with E-state index in [1.807, 2.05) is 0 Å². The van der Waals surface area contributed by atoms with Crippen LogP contribution in [0, 0.1) is 5.41 Å². The molecule has 1 aliphatic rings. The molecular formula is C15H24. The summed E-state index contributed by atoms with van der Waals surface area (Å²) in [7, 11) is 0. The first-order valence-corrected chi connectivity index (χ1v) is 6.06. The van der Waals surface area contributed by atoms with Crippen molar-refractivity contribution in [1.82, 2.24) is 0 Å². The summed E-state index contributed by atoms with van der Waals surface area (Å²) in [6.45, 7) is 12.4. The lowest BCUT2D eigenvalue weighted by Gasteiger charge is -2.34. The maximum atomic E-state index is 3.96. The average molecular weight is 204 g/mol. The summed E-state index contributed by atoms with van der Waals surface area (Å²) in [5, 5.41) is 0. The monoisotopic (exact) mass is 204 g/mol. The predicted octanol–water partition coefficient (Wildman–Crippen LogP) is 5.04. The van der Waals surface area contributed by atoms with Crippen molar-refractivity contribution in [3.8, 4) is 0 Å². The molecule has 0 bridgehead atoms. The highest BCUT2D eigenvalue weighted by Crippen LogP contribution is 2.42. The Balaban J connectivity index is 2.55. The fourth-order valence-electron chi connectivity index (χ4n) is 2.52. The Bertz CT molecular complexity index is 270. The Morgan fingerprint density at radius 2 is 2.33 bits per heavy atom. The van der Waals surface area contributed by atoms with Crippen LogP contribution in [-0.4, -0.2) is 0 Å². The Kier molecular flexibility index (Phi) is 4.38. The molecule has 0 heterocycles. The molecule has 0 aromatic rings. The average Bonchev–Trinajstić information content (AvgIpc) is 2.17. The van der Waals surface area contributed by atoms with Gasteiger partial charge in [-0.1, -0.05) is 31.2 Å². The first kappa shape index (κ1) is 12.3. The first-order valence-electron chi connectivity index (χ1n) is 6.06. The van der Waals surface area contributed by atoms with Crippen molar-refractivity contribution in [2.24, 2.45) is 5.41 Å². The summed E-state index contributed by atoms with van der Waals surface area (Å²) in [5.41, 5.74) is 3.16. The van der Waals surface area contributed by atoms with Crippen LogP contribution in [0.5, 0.6) is 0 Å². The van der Waals surface area contributed by atoms with Crippen LogP contribution in [0.15, 0.2) is 36.5 Å². The minimum absolute atomic E-state index is 0.384. The second-order valence-corrected chi connectivity index (χ2v) is 5.13. The van der Waals surface area contributed by atoms with Crippen LogP contribution in [0.25, 0.3) is 0 Å². The third kappa shape index (κ3) is 3.37. The minimum Gasteiger partial charge on any atom is -0.100 e. The van der Waals surface area contributed by atoms with E-state index in [4.69, 9.17) is 0 Å². The Morgan fingerprint density at radius 3 is 2.93 bits per heavy atom. The van der Waals surface area contributed by atoms with Crippen LogP contribution < -0.4 is 0 Å². The molecule has 84 valence electrons. The molecule has 0 aromatic carbocycles. The summed E-state index contributed by atoms with van der Waals surface area (Å²) in [4.78, 5) is 0. The third-order valence-electron chi connectivity index (χ3n) is 3.55. The van der Waals surface area contributed by atoms with E-state index >= 15 is 0 Å². The number of rotatable bonds is 5. The molecule has 0 spiro atoms. The summed E-state index contributed by atoms with van der Waals surface area (Å²) in [5.74, 6) is 0. The van der Waals surface area contributed by atoms with Crippen molar-refractivity contribution >= 4 is 0 Å². The van der Waals surface area contributed by atoms with Crippen molar-refractivity contribution in [2.75, 3.05) is 0 Å². The van der Waals surface area contributed by atoms with Gasteiger partial charge in [0.2, 0.25) is 0 Å². The van der Waals surface area contributed by atoms with Crippen LogP contribution >= 0.6 is 0 Å². The molecule has 1 atom stereocenters. The van der Waals surface area contributed by atoms with Gasteiger partial charge in [0.1, 0.15) is 0 Å². The highest BCUT2D eigenvalue weighted by Gasteiger charge is 2.28. The predicted molar refractivity (Wildman–Crippen MR) is 68.9 cm³/mol. The topological polar surface area (TPSA) is 0 Å². The second-order valence-electron chi connectivity index (χ2n) is 5.13. The normalized spacial score (nSPS) is 25.9. The maximum absolute atomic E-state index is 3.96. The summed E-state index contributed by atoms with van der Waals surface area (Å²) in [6, 6.07) is 0. The molecule has 15 heavy (non-hydrogen) atoms. The van der Waals surface area contributed by atoms with Crippen molar-refractivity contribution in [1.29, 1.82) is 0 Å². The van der Waals surface area contributed by atoms with E-state index in [0.717, 1.165) is 0 Å². The first-order chi connectivity index (χ1) is 7.08. The lowest BCUT2D eigenvalue weighted by molar-refractivity contribution is 0.311. The Morgan fingerprint density at radius 1 is 1.60 bits per heavy atom. The van der Waals surface area contributed by atoms with Crippen LogP contribution in [0.1, 0.15) is 52.4 Å². The standard InChI is InChI=1S/C15H24/c1-5-14-10-6-7-11-15(14,4)12-8-9-13(2)3/h5,10H,1-2,6-9,11-12H2,3-4H3/t15-/m0/s1.